The minimum atomic E-state index is -0.143. The fraction of sp³-hybridized carbons (Fsp3) is 0.375. The summed E-state index contributed by atoms with van der Waals surface area (Å²) in [6.07, 6.45) is 0. The van der Waals surface area contributed by atoms with Gasteiger partial charge in [-0.15, -0.1) is 0 Å². The summed E-state index contributed by atoms with van der Waals surface area (Å²) in [6.45, 7) is 6.87. The van der Waals surface area contributed by atoms with Crippen molar-refractivity contribution in [3.8, 4) is 0 Å². The minimum Gasteiger partial charge on any atom is -0.384 e. The van der Waals surface area contributed by atoms with Gasteiger partial charge in [0.1, 0.15) is 17.5 Å². The summed E-state index contributed by atoms with van der Waals surface area (Å²) in [6, 6.07) is 9.58. The van der Waals surface area contributed by atoms with Crippen LogP contribution in [-0.2, 0) is 12.0 Å². The molecule has 2 aromatic rings. The van der Waals surface area contributed by atoms with Gasteiger partial charge in [-0.05, 0) is 11.6 Å². The lowest BCUT2D eigenvalue weighted by Gasteiger charge is -2.23. The molecule has 0 radical (unpaired) electrons. The number of halogens is 1. The van der Waals surface area contributed by atoms with Crippen molar-refractivity contribution < 1.29 is 0 Å². The number of benzene rings is 1. The summed E-state index contributed by atoms with van der Waals surface area (Å²) in [5.74, 6) is 2.02. The molecule has 0 spiro atoms. The van der Waals surface area contributed by atoms with Gasteiger partial charge in [-0.3, -0.25) is 0 Å². The van der Waals surface area contributed by atoms with Crippen molar-refractivity contribution in [1.82, 2.24) is 9.97 Å². The Morgan fingerprint density at radius 2 is 1.86 bits per heavy atom. The zero-order valence-electron chi connectivity index (χ0n) is 12.9. The molecular weight excluding hydrogens is 284 g/mol. The van der Waals surface area contributed by atoms with Crippen LogP contribution in [0.5, 0.6) is 0 Å². The highest BCUT2D eigenvalue weighted by Crippen LogP contribution is 2.24. The Hall–Kier alpha value is -1.81. The molecule has 0 saturated heterocycles. The third kappa shape index (κ3) is 3.85. The second-order valence-electron chi connectivity index (χ2n) is 6.17. The third-order valence-corrected chi connectivity index (χ3v) is 3.53. The number of nitrogen functional groups attached to an aromatic ring is 1. The maximum atomic E-state index is 6.21. The molecule has 4 nitrogen and oxygen atoms in total. The van der Waals surface area contributed by atoms with Gasteiger partial charge in [-0.2, -0.15) is 0 Å². The summed E-state index contributed by atoms with van der Waals surface area (Å²) in [7, 11) is 1.97. The van der Waals surface area contributed by atoms with E-state index >= 15 is 0 Å². The van der Waals surface area contributed by atoms with Crippen molar-refractivity contribution in [2.45, 2.75) is 32.7 Å². The van der Waals surface area contributed by atoms with Gasteiger partial charge in [0.2, 0.25) is 0 Å². The van der Waals surface area contributed by atoms with E-state index in [1.807, 2.05) is 36.2 Å². The number of hydrogen-bond acceptors (Lipinski definition) is 4. The molecular formula is C16H21ClN4. The molecule has 0 fully saturated rings. The van der Waals surface area contributed by atoms with Gasteiger partial charge in [0.15, 0.2) is 0 Å². The Kier molecular flexibility index (Phi) is 4.37. The maximum Gasteiger partial charge on any atom is 0.138 e. The number of hydrogen-bond donors (Lipinski definition) is 1. The van der Waals surface area contributed by atoms with Gasteiger partial charge in [0.05, 0.1) is 0 Å². The first kappa shape index (κ1) is 15.6. The topological polar surface area (TPSA) is 55.0 Å². The third-order valence-electron chi connectivity index (χ3n) is 3.16. The molecule has 2 rings (SSSR count). The van der Waals surface area contributed by atoms with Gasteiger partial charge in [-0.25, -0.2) is 9.97 Å². The smallest absolute Gasteiger partial charge is 0.138 e. The van der Waals surface area contributed by atoms with E-state index in [9.17, 15) is 0 Å². The lowest BCUT2D eigenvalue weighted by molar-refractivity contribution is 0.545. The fourth-order valence-electron chi connectivity index (χ4n) is 1.95. The molecule has 5 heteroatoms. The predicted octanol–water partition coefficient (Wildman–Crippen LogP) is 3.65. The van der Waals surface area contributed by atoms with E-state index in [4.69, 9.17) is 17.3 Å². The number of nitrogens with two attached hydrogens (primary N) is 1. The van der Waals surface area contributed by atoms with Crippen LogP contribution in [0.4, 0.5) is 11.6 Å². The molecule has 1 aromatic heterocycles. The van der Waals surface area contributed by atoms with Crippen LogP contribution >= 0.6 is 11.6 Å². The SMILES string of the molecule is CN(Cc1ccccc1Cl)c1cc(N)nc(C(C)(C)C)n1. The minimum absolute atomic E-state index is 0.143. The Labute approximate surface area is 131 Å². The lowest BCUT2D eigenvalue weighted by Crippen LogP contribution is -2.23. The van der Waals surface area contributed by atoms with Crippen LogP contribution in [-0.4, -0.2) is 17.0 Å². The van der Waals surface area contributed by atoms with E-state index in [0.29, 0.717) is 12.4 Å². The summed E-state index contributed by atoms with van der Waals surface area (Å²) in [5, 5.41) is 0.752. The Morgan fingerprint density at radius 3 is 2.48 bits per heavy atom. The zero-order chi connectivity index (χ0) is 15.6. The van der Waals surface area contributed by atoms with Crippen molar-refractivity contribution in [1.29, 1.82) is 0 Å². The van der Waals surface area contributed by atoms with E-state index in [1.165, 1.54) is 0 Å². The van der Waals surface area contributed by atoms with Crippen LogP contribution in [0.3, 0.4) is 0 Å². The monoisotopic (exact) mass is 304 g/mol. The first-order valence-electron chi connectivity index (χ1n) is 6.87. The number of rotatable bonds is 3. The first-order valence-corrected chi connectivity index (χ1v) is 7.25. The van der Waals surface area contributed by atoms with E-state index in [0.717, 1.165) is 22.2 Å². The molecule has 0 aliphatic carbocycles. The normalized spacial score (nSPS) is 11.5. The summed E-state index contributed by atoms with van der Waals surface area (Å²) < 4.78 is 0. The molecule has 21 heavy (non-hydrogen) atoms. The standard InChI is InChI=1S/C16H21ClN4/c1-16(2,3)15-19-13(18)9-14(20-15)21(4)10-11-7-5-6-8-12(11)17/h5-9H,10H2,1-4H3,(H2,18,19,20). The van der Waals surface area contributed by atoms with Gasteiger partial charge in [0, 0.05) is 30.1 Å². The predicted molar refractivity (Wildman–Crippen MR) is 88.7 cm³/mol. The molecule has 0 bridgehead atoms. The first-order chi connectivity index (χ1) is 9.77. The average Bonchev–Trinajstić information content (AvgIpc) is 2.39. The van der Waals surface area contributed by atoms with E-state index in [-0.39, 0.29) is 5.41 Å². The maximum absolute atomic E-state index is 6.21. The average molecular weight is 305 g/mol. The Morgan fingerprint density at radius 1 is 1.19 bits per heavy atom. The molecule has 0 amide bonds. The number of nitrogens with zero attached hydrogens (tertiary/aromatic N) is 3. The van der Waals surface area contributed by atoms with Gasteiger partial charge in [0.25, 0.3) is 0 Å². The zero-order valence-corrected chi connectivity index (χ0v) is 13.6. The van der Waals surface area contributed by atoms with Crippen LogP contribution in [0.25, 0.3) is 0 Å². The van der Waals surface area contributed by atoms with Crippen molar-refractivity contribution in [2.75, 3.05) is 17.7 Å². The molecule has 1 aromatic carbocycles. The van der Waals surface area contributed by atoms with Crippen molar-refractivity contribution in [3.05, 3.63) is 46.7 Å². The highest BCUT2D eigenvalue weighted by Gasteiger charge is 2.19. The van der Waals surface area contributed by atoms with Gasteiger partial charge >= 0.3 is 0 Å². The highest BCUT2D eigenvalue weighted by molar-refractivity contribution is 6.31. The second kappa shape index (κ2) is 5.90. The number of aromatic nitrogens is 2. The summed E-state index contributed by atoms with van der Waals surface area (Å²) in [5.41, 5.74) is 6.82. The summed E-state index contributed by atoms with van der Waals surface area (Å²) in [4.78, 5) is 11.0. The van der Waals surface area contributed by atoms with E-state index < -0.39 is 0 Å². The Balaban J connectivity index is 2.29. The molecule has 0 unspecified atom stereocenters. The quantitative estimate of drug-likeness (QED) is 0.940. The van der Waals surface area contributed by atoms with Crippen LogP contribution in [0.1, 0.15) is 32.2 Å². The van der Waals surface area contributed by atoms with Crippen molar-refractivity contribution >= 4 is 23.2 Å². The fourth-order valence-corrected chi connectivity index (χ4v) is 2.14. The van der Waals surface area contributed by atoms with Gasteiger partial charge < -0.3 is 10.6 Å². The molecule has 0 atom stereocenters. The van der Waals surface area contributed by atoms with E-state index in [2.05, 4.69) is 30.7 Å². The molecule has 112 valence electrons. The largest absolute Gasteiger partial charge is 0.384 e. The van der Waals surface area contributed by atoms with Crippen molar-refractivity contribution in [2.24, 2.45) is 0 Å². The molecule has 2 N–H and O–H groups in total. The summed E-state index contributed by atoms with van der Waals surface area (Å²) >= 11 is 6.21. The van der Waals surface area contributed by atoms with E-state index in [1.54, 1.807) is 6.07 Å². The van der Waals surface area contributed by atoms with Crippen LogP contribution in [0, 0.1) is 0 Å². The van der Waals surface area contributed by atoms with Crippen LogP contribution in [0.15, 0.2) is 30.3 Å². The van der Waals surface area contributed by atoms with Crippen LogP contribution < -0.4 is 10.6 Å². The van der Waals surface area contributed by atoms with Gasteiger partial charge in [-0.1, -0.05) is 50.6 Å². The second-order valence-corrected chi connectivity index (χ2v) is 6.58. The number of anilines is 2. The molecule has 0 saturated carbocycles. The Bertz CT molecular complexity index is 634. The van der Waals surface area contributed by atoms with Crippen molar-refractivity contribution in [3.63, 3.8) is 0 Å². The highest BCUT2D eigenvalue weighted by atomic mass is 35.5. The molecule has 0 aliphatic heterocycles. The molecule has 0 aliphatic rings. The molecule has 1 heterocycles. The lowest BCUT2D eigenvalue weighted by atomic mass is 9.96. The van der Waals surface area contributed by atoms with Crippen LogP contribution in [0.2, 0.25) is 5.02 Å².